The molecule has 1 aromatic carbocycles. The molecule has 102 valence electrons. The van der Waals surface area contributed by atoms with Gasteiger partial charge in [-0.25, -0.2) is 0 Å². The van der Waals surface area contributed by atoms with Gasteiger partial charge in [-0.2, -0.15) is 5.10 Å². The molecule has 2 aromatic rings. The van der Waals surface area contributed by atoms with Crippen molar-refractivity contribution in [3.63, 3.8) is 0 Å². The summed E-state index contributed by atoms with van der Waals surface area (Å²) in [5, 5.41) is 27.3. The van der Waals surface area contributed by atoms with E-state index in [4.69, 9.17) is 0 Å². The number of nitrogens with one attached hydrogen (secondary N) is 1. The van der Waals surface area contributed by atoms with Crippen LogP contribution in [0.25, 0.3) is 10.9 Å². The SMILES string of the molecule is COC(=O)CC(O)C(O)c1[nH]nc2cc(Br)ccc12. The van der Waals surface area contributed by atoms with Gasteiger partial charge in [0.05, 0.1) is 30.8 Å². The van der Waals surface area contributed by atoms with E-state index in [1.54, 1.807) is 18.2 Å². The molecule has 6 nitrogen and oxygen atoms in total. The number of benzene rings is 1. The largest absolute Gasteiger partial charge is 0.469 e. The van der Waals surface area contributed by atoms with Gasteiger partial charge in [0.2, 0.25) is 0 Å². The van der Waals surface area contributed by atoms with Crippen LogP contribution in [-0.4, -0.2) is 39.6 Å². The van der Waals surface area contributed by atoms with Crippen molar-refractivity contribution in [3.8, 4) is 0 Å². The smallest absolute Gasteiger partial charge is 0.308 e. The number of aliphatic hydroxyl groups is 2. The van der Waals surface area contributed by atoms with Gasteiger partial charge in [-0.1, -0.05) is 15.9 Å². The van der Waals surface area contributed by atoms with Gasteiger partial charge in [-0.3, -0.25) is 9.89 Å². The summed E-state index contributed by atoms with van der Waals surface area (Å²) >= 11 is 3.32. The minimum absolute atomic E-state index is 0.283. The molecule has 0 saturated carbocycles. The lowest BCUT2D eigenvalue weighted by molar-refractivity contribution is -0.144. The Hall–Kier alpha value is -1.44. The molecule has 2 rings (SSSR count). The fourth-order valence-electron chi connectivity index (χ4n) is 1.79. The van der Waals surface area contributed by atoms with Crippen LogP contribution in [0.2, 0.25) is 0 Å². The molecule has 7 heteroatoms. The van der Waals surface area contributed by atoms with Crippen molar-refractivity contribution in [2.24, 2.45) is 0 Å². The van der Waals surface area contributed by atoms with E-state index in [1.165, 1.54) is 7.11 Å². The van der Waals surface area contributed by atoms with Gasteiger partial charge in [0.15, 0.2) is 0 Å². The second-order valence-corrected chi connectivity index (χ2v) is 5.01. The predicted octanol–water partition coefficient (Wildman–Crippen LogP) is 1.28. The number of fused-ring (bicyclic) bond motifs is 1. The highest BCUT2D eigenvalue weighted by Gasteiger charge is 2.25. The first kappa shape index (κ1) is 14.0. The van der Waals surface area contributed by atoms with E-state index in [0.29, 0.717) is 16.6 Å². The molecule has 2 atom stereocenters. The number of nitrogens with zero attached hydrogens (tertiary/aromatic N) is 1. The summed E-state index contributed by atoms with van der Waals surface area (Å²) < 4.78 is 5.31. The molecule has 0 aliphatic heterocycles. The minimum Gasteiger partial charge on any atom is -0.469 e. The van der Waals surface area contributed by atoms with Gasteiger partial charge >= 0.3 is 5.97 Å². The topological polar surface area (TPSA) is 95.4 Å². The Kier molecular flexibility index (Phi) is 4.18. The Bertz CT molecular complexity index is 598. The number of halogens is 1. The Morgan fingerprint density at radius 2 is 2.26 bits per heavy atom. The number of aliphatic hydroxyl groups excluding tert-OH is 2. The van der Waals surface area contributed by atoms with Crippen LogP contribution in [0.15, 0.2) is 22.7 Å². The number of carbonyl (C=O) groups is 1. The number of esters is 1. The lowest BCUT2D eigenvalue weighted by Crippen LogP contribution is -2.23. The molecular formula is C12H13BrN2O4. The fraction of sp³-hybridized carbons (Fsp3) is 0.333. The first-order chi connectivity index (χ1) is 9.02. The van der Waals surface area contributed by atoms with Crippen molar-refractivity contribution in [1.29, 1.82) is 0 Å². The molecule has 0 aliphatic carbocycles. The predicted molar refractivity (Wildman–Crippen MR) is 71.4 cm³/mol. The molecule has 0 radical (unpaired) electrons. The number of hydrogen-bond acceptors (Lipinski definition) is 5. The van der Waals surface area contributed by atoms with Crippen LogP contribution in [0.1, 0.15) is 18.2 Å². The molecule has 0 bridgehead atoms. The van der Waals surface area contributed by atoms with Crippen LogP contribution in [0.4, 0.5) is 0 Å². The molecule has 0 fully saturated rings. The average Bonchev–Trinajstić information content (AvgIpc) is 2.80. The highest BCUT2D eigenvalue weighted by atomic mass is 79.9. The quantitative estimate of drug-likeness (QED) is 0.735. The third-order valence-corrected chi connectivity index (χ3v) is 3.30. The van der Waals surface area contributed by atoms with Gasteiger partial charge in [0.25, 0.3) is 0 Å². The number of aromatic nitrogens is 2. The van der Waals surface area contributed by atoms with Crippen molar-refractivity contribution in [1.82, 2.24) is 10.2 Å². The zero-order chi connectivity index (χ0) is 14.0. The maximum atomic E-state index is 11.1. The molecule has 0 spiro atoms. The molecule has 0 aliphatic rings. The van der Waals surface area contributed by atoms with E-state index in [-0.39, 0.29) is 6.42 Å². The molecule has 1 aromatic heterocycles. The standard InChI is InChI=1S/C12H13BrN2O4/c1-19-10(17)5-9(16)12(18)11-7-3-2-6(13)4-8(7)14-15-11/h2-4,9,12,16,18H,5H2,1H3,(H,14,15). The summed E-state index contributed by atoms with van der Waals surface area (Å²) in [4.78, 5) is 11.1. The first-order valence-corrected chi connectivity index (χ1v) is 6.38. The van der Waals surface area contributed by atoms with Gasteiger partial charge in [-0.15, -0.1) is 0 Å². The van der Waals surface area contributed by atoms with Gasteiger partial charge in [0.1, 0.15) is 6.10 Å². The second-order valence-electron chi connectivity index (χ2n) is 4.09. The third-order valence-electron chi connectivity index (χ3n) is 2.81. The Morgan fingerprint density at radius 1 is 1.53 bits per heavy atom. The average molecular weight is 329 g/mol. The maximum Gasteiger partial charge on any atom is 0.308 e. The highest BCUT2D eigenvalue weighted by molar-refractivity contribution is 9.10. The van der Waals surface area contributed by atoms with Crippen LogP contribution in [0, 0.1) is 0 Å². The summed E-state index contributed by atoms with van der Waals surface area (Å²) in [6.45, 7) is 0. The normalized spacial score (nSPS) is 14.3. The van der Waals surface area contributed by atoms with E-state index in [9.17, 15) is 15.0 Å². The highest BCUT2D eigenvalue weighted by Crippen LogP contribution is 2.27. The van der Waals surface area contributed by atoms with Crippen LogP contribution in [0.3, 0.4) is 0 Å². The maximum absolute atomic E-state index is 11.1. The summed E-state index contributed by atoms with van der Waals surface area (Å²) in [5.74, 6) is -0.585. The number of methoxy groups -OCH3 is 1. The molecule has 1 heterocycles. The van der Waals surface area contributed by atoms with Gasteiger partial charge < -0.3 is 14.9 Å². The van der Waals surface area contributed by atoms with Crippen LogP contribution in [-0.2, 0) is 9.53 Å². The molecule has 19 heavy (non-hydrogen) atoms. The Balaban J connectivity index is 2.26. The Morgan fingerprint density at radius 3 is 2.95 bits per heavy atom. The molecule has 0 amide bonds. The summed E-state index contributed by atoms with van der Waals surface area (Å²) in [6.07, 6.45) is -2.76. The molecule has 2 unspecified atom stereocenters. The van der Waals surface area contributed by atoms with Gasteiger partial charge in [0, 0.05) is 9.86 Å². The first-order valence-electron chi connectivity index (χ1n) is 5.59. The summed E-state index contributed by atoms with van der Waals surface area (Å²) in [7, 11) is 1.23. The van der Waals surface area contributed by atoms with Crippen molar-refractivity contribution >= 4 is 32.8 Å². The third kappa shape index (κ3) is 2.94. The molecule has 3 N–H and O–H groups in total. The van der Waals surface area contributed by atoms with Crippen molar-refractivity contribution in [2.75, 3.05) is 7.11 Å². The zero-order valence-electron chi connectivity index (χ0n) is 10.1. The van der Waals surface area contributed by atoms with Crippen LogP contribution < -0.4 is 0 Å². The lowest BCUT2D eigenvalue weighted by atomic mass is 10.0. The number of rotatable bonds is 4. The lowest BCUT2D eigenvalue weighted by Gasteiger charge is -2.15. The van der Waals surface area contributed by atoms with Crippen LogP contribution >= 0.6 is 15.9 Å². The number of hydrogen-bond donors (Lipinski definition) is 3. The number of H-pyrrole nitrogens is 1. The fourth-order valence-corrected chi connectivity index (χ4v) is 2.14. The monoisotopic (exact) mass is 328 g/mol. The van der Waals surface area contributed by atoms with Gasteiger partial charge in [-0.05, 0) is 18.2 Å². The summed E-state index contributed by atoms with van der Waals surface area (Å²) in [6, 6.07) is 5.36. The zero-order valence-corrected chi connectivity index (χ0v) is 11.7. The van der Waals surface area contributed by atoms with E-state index in [2.05, 4.69) is 30.9 Å². The second kappa shape index (κ2) is 5.68. The Labute approximate surface area is 117 Å². The number of carbonyl (C=O) groups excluding carboxylic acids is 1. The van der Waals surface area contributed by atoms with Crippen molar-refractivity contribution in [2.45, 2.75) is 18.6 Å². The number of aromatic amines is 1. The van der Waals surface area contributed by atoms with E-state index in [1.807, 2.05) is 0 Å². The van der Waals surface area contributed by atoms with Crippen molar-refractivity contribution in [3.05, 3.63) is 28.4 Å². The number of ether oxygens (including phenoxy) is 1. The van der Waals surface area contributed by atoms with E-state index in [0.717, 1.165) is 4.47 Å². The molecular weight excluding hydrogens is 316 g/mol. The minimum atomic E-state index is -1.25. The van der Waals surface area contributed by atoms with E-state index < -0.39 is 18.2 Å². The summed E-state index contributed by atoms with van der Waals surface area (Å²) in [5.41, 5.74) is 1.03. The van der Waals surface area contributed by atoms with Crippen molar-refractivity contribution < 1.29 is 19.7 Å². The van der Waals surface area contributed by atoms with E-state index >= 15 is 0 Å². The molecule has 0 saturated heterocycles. The van der Waals surface area contributed by atoms with Crippen LogP contribution in [0.5, 0.6) is 0 Å².